The molecule has 2 aromatic rings. The van der Waals surface area contributed by atoms with Gasteiger partial charge in [0.25, 0.3) is 0 Å². The van der Waals surface area contributed by atoms with Crippen LogP contribution in [0.3, 0.4) is 0 Å². The Morgan fingerprint density at radius 1 is 1.17 bits per heavy atom. The molecule has 0 aliphatic carbocycles. The van der Waals surface area contributed by atoms with Crippen molar-refractivity contribution in [2.45, 2.75) is 33.6 Å². The minimum Gasteiger partial charge on any atom is -0.294 e. The molecule has 0 saturated heterocycles. The number of aromatic nitrogens is 1. The Balaban J connectivity index is 1.98. The summed E-state index contributed by atoms with van der Waals surface area (Å²) < 4.78 is 0. The average molecular weight is 259 g/mol. The van der Waals surface area contributed by atoms with Crippen molar-refractivity contribution >= 4 is 17.1 Å². The molecule has 0 saturated carbocycles. The normalized spacial score (nSPS) is 10.6. The van der Waals surface area contributed by atoms with Crippen molar-refractivity contribution in [3.8, 4) is 0 Å². The first-order chi connectivity index (χ1) is 8.56. The Hall–Kier alpha value is -1.48. The van der Waals surface area contributed by atoms with Gasteiger partial charge in [-0.1, -0.05) is 29.8 Å². The third-order valence-corrected chi connectivity index (χ3v) is 4.14. The third-order valence-electron chi connectivity index (χ3n) is 3.01. The maximum atomic E-state index is 12.0. The summed E-state index contributed by atoms with van der Waals surface area (Å²) in [7, 11) is 0. The molecule has 0 atom stereocenters. The molecule has 1 aromatic carbocycles. The molecule has 1 aromatic heterocycles. The lowest BCUT2D eigenvalue weighted by Crippen LogP contribution is -2.01. The summed E-state index contributed by atoms with van der Waals surface area (Å²) in [4.78, 5) is 17.7. The lowest BCUT2D eigenvalue weighted by atomic mass is 10.1. The van der Waals surface area contributed by atoms with Crippen molar-refractivity contribution in [2.75, 3.05) is 0 Å². The molecular weight excluding hydrogens is 242 g/mol. The van der Waals surface area contributed by atoms with E-state index in [1.54, 1.807) is 11.3 Å². The number of benzene rings is 1. The van der Waals surface area contributed by atoms with Crippen LogP contribution in [0.1, 0.15) is 37.9 Å². The van der Waals surface area contributed by atoms with Crippen LogP contribution < -0.4 is 0 Å². The van der Waals surface area contributed by atoms with Gasteiger partial charge in [-0.15, -0.1) is 11.3 Å². The van der Waals surface area contributed by atoms with Crippen LogP contribution in [0, 0.1) is 20.8 Å². The van der Waals surface area contributed by atoms with E-state index >= 15 is 0 Å². The van der Waals surface area contributed by atoms with Crippen molar-refractivity contribution in [1.29, 1.82) is 0 Å². The molecular formula is C15H17NOS. The van der Waals surface area contributed by atoms with Crippen molar-refractivity contribution in [1.82, 2.24) is 4.98 Å². The molecule has 0 fully saturated rings. The number of hydrogen-bond donors (Lipinski definition) is 0. The van der Waals surface area contributed by atoms with Gasteiger partial charge in [0, 0.05) is 23.3 Å². The highest BCUT2D eigenvalue weighted by molar-refractivity contribution is 7.11. The molecule has 0 N–H and O–H groups in total. The smallest absolute Gasteiger partial charge is 0.163 e. The number of rotatable bonds is 4. The summed E-state index contributed by atoms with van der Waals surface area (Å²) in [5.41, 5.74) is 3.06. The quantitative estimate of drug-likeness (QED) is 0.780. The lowest BCUT2D eigenvalue weighted by molar-refractivity contribution is 0.0983. The molecule has 2 rings (SSSR count). The standard InChI is InChI=1S/C15H17NOS/c1-10-4-6-13(7-5-10)14(17)8-9-15-16-11(2)12(3)18-15/h4-7H,8-9H2,1-3H3. The van der Waals surface area contributed by atoms with E-state index in [9.17, 15) is 4.79 Å². The molecule has 0 radical (unpaired) electrons. The Bertz CT molecular complexity index is 535. The van der Waals surface area contributed by atoms with E-state index in [2.05, 4.69) is 11.9 Å². The summed E-state index contributed by atoms with van der Waals surface area (Å²) >= 11 is 1.69. The number of hydrogen-bond acceptors (Lipinski definition) is 3. The molecule has 0 spiro atoms. The van der Waals surface area contributed by atoms with Crippen LogP contribution in [0.15, 0.2) is 24.3 Å². The molecule has 0 aliphatic rings. The monoisotopic (exact) mass is 259 g/mol. The number of thiazole rings is 1. The van der Waals surface area contributed by atoms with Crippen LogP contribution in [-0.2, 0) is 6.42 Å². The van der Waals surface area contributed by atoms with E-state index in [4.69, 9.17) is 0 Å². The van der Waals surface area contributed by atoms with Gasteiger partial charge in [-0.2, -0.15) is 0 Å². The van der Waals surface area contributed by atoms with E-state index in [1.165, 1.54) is 10.4 Å². The third kappa shape index (κ3) is 3.05. The largest absolute Gasteiger partial charge is 0.294 e. The number of carbonyl (C=O) groups excluding carboxylic acids is 1. The topological polar surface area (TPSA) is 30.0 Å². The summed E-state index contributed by atoms with van der Waals surface area (Å²) in [6.45, 7) is 6.10. The van der Waals surface area contributed by atoms with Gasteiger partial charge < -0.3 is 0 Å². The highest BCUT2D eigenvalue weighted by Crippen LogP contribution is 2.18. The van der Waals surface area contributed by atoms with Crippen LogP contribution >= 0.6 is 11.3 Å². The van der Waals surface area contributed by atoms with Gasteiger partial charge >= 0.3 is 0 Å². The van der Waals surface area contributed by atoms with E-state index in [1.807, 2.05) is 38.1 Å². The van der Waals surface area contributed by atoms with Crippen LogP contribution in [-0.4, -0.2) is 10.8 Å². The van der Waals surface area contributed by atoms with Gasteiger partial charge in [0.15, 0.2) is 5.78 Å². The fraction of sp³-hybridized carbons (Fsp3) is 0.333. The summed E-state index contributed by atoms with van der Waals surface area (Å²) in [5.74, 6) is 0.195. The highest BCUT2D eigenvalue weighted by atomic mass is 32.1. The van der Waals surface area contributed by atoms with Gasteiger partial charge in [-0.05, 0) is 20.8 Å². The lowest BCUT2D eigenvalue weighted by Gasteiger charge is -2.00. The first kappa shape index (κ1) is 13.0. The predicted molar refractivity (Wildman–Crippen MR) is 75.4 cm³/mol. The minimum absolute atomic E-state index is 0.195. The molecule has 2 nitrogen and oxygen atoms in total. The van der Waals surface area contributed by atoms with Crippen LogP contribution in [0.5, 0.6) is 0 Å². The Morgan fingerprint density at radius 3 is 2.39 bits per heavy atom. The number of aryl methyl sites for hydroxylation is 4. The van der Waals surface area contributed by atoms with Crippen LogP contribution in [0.25, 0.3) is 0 Å². The van der Waals surface area contributed by atoms with Gasteiger partial charge in [0.05, 0.1) is 10.7 Å². The average Bonchev–Trinajstić information content (AvgIpc) is 2.67. The van der Waals surface area contributed by atoms with Gasteiger partial charge in [-0.3, -0.25) is 4.79 Å². The van der Waals surface area contributed by atoms with Crippen molar-refractivity contribution < 1.29 is 4.79 Å². The summed E-state index contributed by atoms with van der Waals surface area (Å²) in [6, 6.07) is 7.75. The Labute approximate surface area is 112 Å². The second-order valence-electron chi connectivity index (χ2n) is 4.54. The van der Waals surface area contributed by atoms with Crippen molar-refractivity contribution in [3.05, 3.63) is 51.0 Å². The molecule has 3 heteroatoms. The number of ketones is 1. The molecule has 1 heterocycles. The molecule has 0 aliphatic heterocycles. The molecule has 0 unspecified atom stereocenters. The SMILES string of the molecule is Cc1ccc(C(=O)CCc2nc(C)c(C)s2)cc1. The second-order valence-corrected chi connectivity index (χ2v) is 5.83. The van der Waals surface area contributed by atoms with E-state index in [0.29, 0.717) is 6.42 Å². The molecule has 94 valence electrons. The first-order valence-corrected chi connectivity index (χ1v) is 6.90. The van der Waals surface area contributed by atoms with Gasteiger partial charge in [0.1, 0.15) is 0 Å². The second kappa shape index (κ2) is 5.44. The fourth-order valence-electron chi connectivity index (χ4n) is 1.75. The number of nitrogens with zero attached hydrogens (tertiary/aromatic N) is 1. The van der Waals surface area contributed by atoms with Gasteiger partial charge in [0.2, 0.25) is 0 Å². The molecule has 0 bridgehead atoms. The van der Waals surface area contributed by atoms with E-state index in [-0.39, 0.29) is 5.78 Å². The fourth-order valence-corrected chi connectivity index (χ4v) is 2.68. The first-order valence-electron chi connectivity index (χ1n) is 6.09. The summed E-state index contributed by atoms with van der Waals surface area (Å²) in [6.07, 6.45) is 1.28. The van der Waals surface area contributed by atoms with E-state index in [0.717, 1.165) is 22.7 Å². The Morgan fingerprint density at radius 2 is 1.83 bits per heavy atom. The van der Waals surface area contributed by atoms with Crippen LogP contribution in [0.2, 0.25) is 0 Å². The molecule has 0 amide bonds. The Kier molecular flexibility index (Phi) is 3.92. The molecule has 18 heavy (non-hydrogen) atoms. The summed E-state index contributed by atoms with van der Waals surface area (Å²) in [5, 5.41) is 1.06. The predicted octanol–water partition coefficient (Wildman–Crippen LogP) is 3.88. The minimum atomic E-state index is 0.195. The van der Waals surface area contributed by atoms with Crippen LogP contribution in [0.4, 0.5) is 0 Å². The van der Waals surface area contributed by atoms with Crippen molar-refractivity contribution in [2.24, 2.45) is 0 Å². The maximum Gasteiger partial charge on any atom is 0.163 e. The van der Waals surface area contributed by atoms with Crippen molar-refractivity contribution in [3.63, 3.8) is 0 Å². The zero-order valence-corrected chi connectivity index (χ0v) is 11.8. The van der Waals surface area contributed by atoms with E-state index < -0.39 is 0 Å². The number of Topliss-reactive ketones (excluding diaryl/α,β-unsaturated/α-hetero) is 1. The zero-order chi connectivity index (χ0) is 13.1. The maximum absolute atomic E-state index is 12.0. The number of carbonyl (C=O) groups is 1. The van der Waals surface area contributed by atoms with Gasteiger partial charge in [-0.25, -0.2) is 4.98 Å². The highest BCUT2D eigenvalue weighted by Gasteiger charge is 2.09. The zero-order valence-electron chi connectivity index (χ0n) is 11.0.